The lowest BCUT2D eigenvalue weighted by molar-refractivity contribution is 0.0934. The summed E-state index contributed by atoms with van der Waals surface area (Å²) in [5.41, 5.74) is 0.703. The Morgan fingerprint density at radius 3 is 2.42 bits per heavy atom. The molecule has 2 aromatic carbocycles. The van der Waals surface area contributed by atoms with Crippen LogP contribution in [0.15, 0.2) is 53.3 Å². The van der Waals surface area contributed by atoms with E-state index in [9.17, 15) is 14.0 Å². The summed E-state index contributed by atoms with van der Waals surface area (Å²) >= 11 is 0. The molecule has 0 bridgehead atoms. The van der Waals surface area contributed by atoms with Crippen molar-refractivity contribution in [1.82, 2.24) is 15.1 Å². The number of aryl methyl sites for hydroxylation is 1. The number of carbonyl (C=O) groups excluding carboxylic acids is 1. The molecular weight excluding hydrogens is 309 g/mol. The topological polar surface area (TPSA) is 64.0 Å². The van der Waals surface area contributed by atoms with Gasteiger partial charge in [0, 0.05) is 12.4 Å². The fourth-order valence-electron chi connectivity index (χ4n) is 2.57. The molecule has 0 saturated carbocycles. The van der Waals surface area contributed by atoms with Gasteiger partial charge >= 0.3 is 0 Å². The smallest absolute Gasteiger partial charge is 0.274 e. The van der Waals surface area contributed by atoms with Gasteiger partial charge in [0.05, 0.1) is 11.4 Å². The molecule has 1 atom stereocenters. The van der Waals surface area contributed by atoms with Crippen molar-refractivity contribution in [1.29, 1.82) is 0 Å². The van der Waals surface area contributed by atoms with Gasteiger partial charge in [0.15, 0.2) is 5.69 Å². The summed E-state index contributed by atoms with van der Waals surface area (Å²) in [6.07, 6.45) is 0. The maximum Gasteiger partial charge on any atom is 0.274 e. The van der Waals surface area contributed by atoms with Crippen molar-refractivity contribution in [3.8, 4) is 0 Å². The van der Waals surface area contributed by atoms with E-state index in [-0.39, 0.29) is 23.1 Å². The quantitative estimate of drug-likeness (QED) is 0.805. The van der Waals surface area contributed by atoms with Crippen LogP contribution >= 0.6 is 0 Å². The fraction of sp³-hybridized carbons (Fsp3) is 0.167. The van der Waals surface area contributed by atoms with Gasteiger partial charge in [-0.3, -0.25) is 9.59 Å². The van der Waals surface area contributed by atoms with E-state index in [0.29, 0.717) is 10.8 Å². The monoisotopic (exact) mass is 325 g/mol. The Balaban J connectivity index is 1.96. The van der Waals surface area contributed by atoms with Crippen LogP contribution in [-0.2, 0) is 7.05 Å². The molecule has 0 aliphatic heterocycles. The molecule has 1 aromatic heterocycles. The number of nitrogens with zero attached hydrogens (tertiary/aromatic N) is 2. The molecule has 0 saturated heterocycles. The molecule has 122 valence electrons. The summed E-state index contributed by atoms with van der Waals surface area (Å²) in [6, 6.07) is 12.5. The van der Waals surface area contributed by atoms with Crippen molar-refractivity contribution in [3.63, 3.8) is 0 Å². The molecule has 3 aromatic rings. The van der Waals surface area contributed by atoms with Gasteiger partial charge in [-0.25, -0.2) is 9.07 Å². The molecule has 0 radical (unpaired) electrons. The maximum absolute atomic E-state index is 13.0. The Bertz CT molecular complexity index is 964. The van der Waals surface area contributed by atoms with Crippen LogP contribution in [0.3, 0.4) is 0 Å². The third-order valence-corrected chi connectivity index (χ3v) is 3.89. The van der Waals surface area contributed by atoms with Gasteiger partial charge in [-0.2, -0.15) is 5.10 Å². The van der Waals surface area contributed by atoms with E-state index >= 15 is 0 Å². The van der Waals surface area contributed by atoms with Crippen LogP contribution in [0, 0.1) is 5.82 Å². The Labute approximate surface area is 137 Å². The molecule has 6 heteroatoms. The van der Waals surface area contributed by atoms with E-state index in [1.807, 2.05) is 0 Å². The lowest BCUT2D eigenvalue weighted by atomic mass is 10.1. The molecule has 3 rings (SSSR count). The minimum absolute atomic E-state index is 0.182. The van der Waals surface area contributed by atoms with Crippen molar-refractivity contribution >= 4 is 16.7 Å². The minimum Gasteiger partial charge on any atom is -0.344 e. The Morgan fingerprint density at radius 2 is 1.75 bits per heavy atom. The highest BCUT2D eigenvalue weighted by atomic mass is 19.1. The van der Waals surface area contributed by atoms with Crippen molar-refractivity contribution in [2.75, 3.05) is 0 Å². The molecule has 1 amide bonds. The maximum atomic E-state index is 13.0. The average molecular weight is 325 g/mol. The second kappa shape index (κ2) is 6.23. The molecule has 24 heavy (non-hydrogen) atoms. The summed E-state index contributed by atoms with van der Waals surface area (Å²) in [6.45, 7) is 1.80. The summed E-state index contributed by atoms with van der Waals surface area (Å²) in [5.74, 6) is -0.721. The number of benzene rings is 2. The molecule has 5 nitrogen and oxygen atoms in total. The van der Waals surface area contributed by atoms with Crippen molar-refractivity contribution in [2.45, 2.75) is 13.0 Å². The highest BCUT2D eigenvalue weighted by Crippen LogP contribution is 2.16. The second-order valence-electron chi connectivity index (χ2n) is 5.57. The van der Waals surface area contributed by atoms with E-state index in [4.69, 9.17) is 0 Å². The zero-order chi connectivity index (χ0) is 17.3. The number of amides is 1. The number of nitrogens with one attached hydrogen (secondary N) is 1. The van der Waals surface area contributed by atoms with Gasteiger partial charge in [0.25, 0.3) is 11.5 Å². The van der Waals surface area contributed by atoms with Crippen LogP contribution in [0.25, 0.3) is 10.8 Å². The van der Waals surface area contributed by atoms with Crippen molar-refractivity contribution in [3.05, 3.63) is 76.0 Å². The molecule has 0 aliphatic carbocycles. The van der Waals surface area contributed by atoms with Crippen LogP contribution in [0.4, 0.5) is 4.39 Å². The van der Waals surface area contributed by atoms with E-state index < -0.39 is 5.91 Å². The summed E-state index contributed by atoms with van der Waals surface area (Å²) < 4.78 is 14.2. The predicted octanol–water partition coefficient (Wildman–Crippen LogP) is 2.56. The molecule has 0 aliphatic rings. The van der Waals surface area contributed by atoms with Gasteiger partial charge in [-0.1, -0.05) is 30.3 Å². The zero-order valence-electron chi connectivity index (χ0n) is 13.3. The standard InChI is InChI=1S/C18H16FN3O2/c1-11(12-7-9-13(19)10-8-12)20-17(23)16-14-5-3-4-6-15(14)18(24)22(2)21-16/h3-11H,1-2H3,(H,20,23)/t11-/m1/s1. The highest BCUT2D eigenvalue weighted by Gasteiger charge is 2.18. The van der Waals surface area contributed by atoms with E-state index in [1.165, 1.54) is 19.2 Å². The SMILES string of the molecule is C[C@@H](NC(=O)c1nn(C)c(=O)c2ccccc12)c1ccc(F)cc1. The van der Waals surface area contributed by atoms with Gasteiger partial charge in [0.1, 0.15) is 5.82 Å². The number of halogens is 1. The summed E-state index contributed by atoms with van der Waals surface area (Å²) in [4.78, 5) is 24.7. The summed E-state index contributed by atoms with van der Waals surface area (Å²) in [5, 5.41) is 7.87. The van der Waals surface area contributed by atoms with Gasteiger partial charge in [-0.15, -0.1) is 0 Å². The first kappa shape index (κ1) is 15.9. The van der Waals surface area contributed by atoms with Crippen LogP contribution in [0.1, 0.15) is 29.0 Å². The lowest BCUT2D eigenvalue weighted by Gasteiger charge is -2.15. The number of rotatable bonds is 3. The van der Waals surface area contributed by atoms with Crippen molar-refractivity contribution in [2.24, 2.45) is 7.05 Å². The Morgan fingerprint density at radius 1 is 1.12 bits per heavy atom. The minimum atomic E-state index is -0.390. The van der Waals surface area contributed by atoms with Crippen LogP contribution in [0.2, 0.25) is 0 Å². The fourth-order valence-corrected chi connectivity index (χ4v) is 2.57. The molecular formula is C18H16FN3O2. The van der Waals surface area contributed by atoms with E-state index in [2.05, 4.69) is 10.4 Å². The third kappa shape index (κ3) is 2.90. The Kier molecular flexibility index (Phi) is 4.12. The molecule has 0 spiro atoms. The summed E-state index contributed by atoms with van der Waals surface area (Å²) in [7, 11) is 1.51. The molecule has 0 fully saturated rings. The zero-order valence-corrected chi connectivity index (χ0v) is 13.3. The van der Waals surface area contributed by atoms with Crippen LogP contribution < -0.4 is 10.9 Å². The molecule has 1 heterocycles. The first-order chi connectivity index (χ1) is 11.5. The first-order valence-electron chi connectivity index (χ1n) is 7.50. The normalized spacial score (nSPS) is 12.1. The molecule has 1 N–H and O–H groups in total. The van der Waals surface area contributed by atoms with Crippen LogP contribution in [0.5, 0.6) is 0 Å². The number of aromatic nitrogens is 2. The van der Waals surface area contributed by atoms with E-state index in [0.717, 1.165) is 10.2 Å². The highest BCUT2D eigenvalue weighted by molar-refractivity contribution is 6.04. The number of fused-ring (bicyclic) bond motifs is 1. The first-order valence-corrected chi connectivity index (χ1v) is 7.50. The largest absolute Gasteiger partial charge is 0.344 e. The predicted molar refractivity (Wildman–Crippen MR) is 89.3 cm³/mol. The Hall–Kier alpha value is -3.02. The number of hydrogen-bond acceptors (Lipinski definition) is 3. The van der Waals surface area contributed by atoms with Crippen LogP contribution in [-0.4, -0.2) is 15.7 Å². The molecule has 0 unspecified atom stereocenters. The van der Waals surface area contributed by atoms with Crippen molar-refractivity contribution < 1.29 is 9.18 Å². The number of hydrogen-bond donors (Lipinski definition) is 1. The number of carbonyl (C=O) groups is 1. The van der Waals surface area contributed by atoms with Gasteiger partial charge in [-0.05, 0) is 30.7 Å². The van der Waals surface area contributed by atoms with Gasteiger partial charge < -0.3 is 5.32 Å². The lowest BCUT2D eigenvalue weighted by Crippen LogP contribution is -2.31. The average Bonchev–Trinajstić information content (AvgIpc) is 2.58. The van der Waals surface area contributed by atoms with Gasteiger partial charge in [0.2, 0.25) is 0 Å². The second-order valence-corrected chi connectivity index (χ2v) is 5.57. The van der Waals surface area contributed by atoms with E-state index in [1.54, 1.807) is 43.3 Å². The third-order valence-electron chi connectivity index (χ3n) is 3.89.